The first-order valence-electron chi connectivity index (χ1n) is 7.25. The van der Waals surface area contributed by atoms with Crippen LogP contribution in [0.15, 0.2) is 23.1 Å². The number of piperazine rings is 1. The summed E-state index contributed by atoms with van der Waals surface area (Å²) >= 11 is 5.54. The van der Waals surface area contributed by atoms with Crippen LogP contribution in [0.5, 0.6) is 0 Å². The fourth-order valence-electron chi connectivity index (χ4n) is 2.54. The summed E-state index contributed by atoms with van der Waals surface area (Å²) in [5.74, 6) is 0. The Hall–Kier alpha value is -0.830. The summed E-state index contributed by atoms with van der Waals surface area (Å²) in [6.45, 7) is 4.61. The second kappa shape index (κ2) is 6.96. The minimum Gasteiger partial charge on any atom is -0.301 e. The first-order valence-corrected chi connectivity index (χ1v) is 9.07. The molecule has 1 aromatic rings. The van der Waals surface area contributed by atoms with Gasteiger partial charge in [0.25, 0.3) is 0 Å². The number of sulfonamides is 1. The van der Waals surface area contributed by atoms with Gasteiger partial charge in [0, 0.05) is 26.2 Å². The fraction of sp³-hybridized carbons (Fsp3) is 0.571. The summed E-state index contributed by atoms with van der Waals surface area (Å²) in [7, 11) is -3.95. The van der Waals surface area contributed by atoms with E-state index < -0.39 is 26.8 Å². The highest BCUT2D eigenvalue weighted by Crippen LogP contribution is 2.36. The third kappa shape index (κ3) is 4.17. The van der Waals surface area contributed by atoms with Crippen LogP contribution in [0.3, 0.4) is 0 Å². The Bertz CT molecular complexity index is 656. The van der Waals surface area contributed by atoms with Gasteiger partial charge < -0.3 is 4.90 Å². The van der Waals surface area contributed by atoms with E-state index in [0.717, 1.165) is 25.1 Å². The third-order valence-corrected chi connectivity index (χ3v) is 5.98. The van der Waals surface area contributed by atoms with Gasteiger partial charge in [-0.25, -0.2) is 8.42 Å². The van der Waals surface area contributed by atoms with E-state index in [1.54, 1.807) is 0 Å². The Morgan fingerprint density at radius 1 is 1.17 bits per heavy atom. The minimum atomic E-state index is -4.69. The molecule has 0 atom stereocenters. The Morgan fingerprint density at radius 2 is 1.78 bits per heavy atom. The zero-order chi connectivity index (χ0) is 17.3. The van der Waals surface area contributed by atoms with Crippen molar-refractivity contribution in [1.82, 2.24) is 9.21 Å². The summed E-state index contributed by atoms with van der Waals surface area (Å²) in [6.07, 6.45) is -3.72. The van der Waals surface area contributed by atoms with Gasteiger partial charge in [-0.2, -0.15) is 17.5 Å². The molecule has 2 rings (SSSR count). The smallest absolute Gasteiger partial charge is 0.301 e. The van der Waals surface area contributed by atoms with Gasteiger partial charge in [-0.05, 0) is 31.2 Å². The van der Waals surface area contributed by atoms with Crippen LogP contribution in [0.4, 0.5) is 13.2 Å². The predicted octanol–water partition coefficient (Wildman–Crippen LogP) is 3.08. The van der Waals surface area contributed by atoms with Gasteiger partial charge >= 0.3 is 6.18 Å². The molecule has 0 radical (unpaired) electrons. The second-order valence-electron chi connectivity index (χ2n) is 5.39. The lowest BCUT2D eigenvalue weighted by Gasteiger charge is -2.33. The SMILES string of the molecule is CCCN1CCN(S(=O)(=O)c2ccc(Cl)c(C(F)(F)F)c2)CC1. The van der Waals surface area contributed by atoms with E-state index in [1.165, 1.54) is 4.31 Å². The molecule has 0 saturated carbocycles. The van der Waals surface area contributed by atoms with Gasteiger partial charge in [0.15, 0.2) is 0 Å². The lowest BCUT2D eigenvalue weighted by atomic mass is 10.2. The maximum absolute atomic E-state index is 12.9. The van der Waals surface area contributed by atoms with Crippen molar-refractivity contribution < 1.29 is 21.6 Å². The fourth-order valence-corrected chi connectivity index (χ4v) is 4.21. The molecule has 4 nitrogen and oxygen atoms in total. The van der Waals surface area contributed by atoms with E-state index in [9.17, 15) is 21.6 Å². The highest BCUT2D eigenvalue weighted by atomic mass is 35.5. The molecular weight excluding hydrogens is 353 g/mol. The van der Waals surface area contributed by atoms with Crippen molar-refractivity contribution in [2.24, 2.45) is 0 Å². The van der Waals surface area contributed by atoms with E-state index in [2.05, 4.69) is 4.90 Å². The van der Waals surface area contributed by atoms with E-state index >= 15 is 0 Å². The Kier molecular flexibility index (Phi) is 5.60. The summed E-state index contributed by atoms with van der Waals surface area (Å²) in [5.41, 5.74) is -1.13. The maximum Gasteiger partial charge on any atom is 0.417 e. The van der Waals surface area contributed by atoms with E-state index in [4.69, 9.17) is 11.6 Å². The lowest BCUT2D eigenvalue weighted by molar-refractivity contribution is -0.137. The van der Waals surface area contributed by atoms with Crippen LogP contribution in [-0.4, -0.2) is 50.3 Å². The van der Waals surface area contributed by atoms with Crippen LogP contribution in [0.2, 0.25) is 5.02 Å². The first-order chi connectivity index (χ1) is 10.7. The molecule has 0 spiro atoms. The normalized spacial score (nSPS) is 18.3. The van der Waals surface area contributed by atoms with Crippen LogP contribution < -0.4 is 0 Å². The number of halogens is 4. The van der Waals surface area contributed by atoms with Crippen LogP contribution in [-0.2, 0) is 16.2 Å². The largest absolute Gasteiger partial charge is 0.417 e. The third-order valence-electron chi connectivity index (χ3n) is 3.75. The summed E-state index contributed by atoms with van der Waals surface area (Å²) in [4.78, 5) is 1.76. The van der Waals surface area contributed by atoms with Gasteiger partial charge in [0.1, 0.15) is 0 Å². The number of hydrogen-bond acceptors (Lipinski definition) is 3. The molecule has 130 valence electrons. The number of benzene rings is 1. The molecule has 1 fully saturated rings. The predicted molar refractivity (Wildman–Crippen MR) is 81.9 cm³/mol. The summed E-state index contributed by atoms with van der Waals surface area (Å²) in [6, 6.07) is 2.70. The van der Waals surface area contributed by atoms with Crippen LogP contribution >= 0.6 is 11.6 Å². The monoisotopic (exact) mass is 370 g/mol. The van der Waals surface area contributed by atoms with Crippen molar-refractivity contribution in [1.29, 1.82) is 0 Å². The molecule has 0 unspecified atom stereocenters. The summed E-state index contributed by atoms with van der Waals surface area (Å²) < 4.78 is 65.0. The molecule has 1 heterocycles. The van der Waals surface area contributed by atoms with E-state index in [-0.39, 0.29) is 18.0 Å². The van der Waals surface area contributed by atoms with Crippen molar-refractivity contribution in [2.75, 3.05) is 32.7 Å². The first kappa shape index (κ1) is 18.5. The Balaban J connectivity index is 2.24. The van der Waals surface area contributed by atoms with E-state index in [0.29, 0.717) is 19.2 Å². The van der Waals surface area contributed by atoms with E-state index in [1.807, 2.05) is 6.92 Å². The van der Waals surface area contributed by atoms with Crippen molar-refractivity contribution in [2.45, 2.75) is 24.4 Å². The number of rotatable bonds is 4. The topological polar surface area (TPSA) is 40.6 Å². The van der Waals surface area contributed by atoms with Gasteiger partial charge in [-0.15, -0.1) is 0 Å². The van der Waals surface area contributed by atoms with Crippen molar-refractivity contribution >= 4 is 21.6 Å². The summed E-state index contributed by atoms with van der Waals surface area (Å²) in [5, 5.41) is -0.510. The van der Waals surface area contributed by atoms with Crippen molar-refractivity contribution in [3.05, 3.63) is 28.8 Å². The van der Waals surface area contributed by atoms with Gasteiger partial charge in [-0.1, -0.05) is 18.5 Å². The highest BCUT2D eigenvalue weighted by molar-refractivity contribution is 7.89. The number of hydrogen-bond donors (Lipinski definition) is 0. The standard InChI is InChI=1S/C14H18ClF3N2O2S/c1-2-5-19-6-8-20(9-7-19)23(21,22)11-3-4-13(15)12(10-11)14(16,17)18/h3-4,10H,2,5-9H2,1H3. The van der Waals surface area contributed by atoms with Crippen LogP contribution in [0.1, 0.15) is 18.9 Å². The molecule has 0 bridgehead atoms. The lowest BCUT2D eigenvalue weighted by Crippen LogP contribution is -2.48. The average Bonchev–Trinajstić information content (AvgIpc) is 2.47. The van der Waals surface area contributed by atoms with Gasteiger partial charge in [0.05, 0.1) is 15.5 Å². The Morgan fingerprint density at radius 3 is 2.30 bits per heavy atom. The highest BCUT2D eigenvalue weighted by Gasteiger charge is 2.36. The quantitative estimate of drug-likeness (QED) is 0.817. The zero-order valence-electron chi connectivity index (χ0n) is 12.6. The zero-order valence-corrected chi connectivity index (χ0v) is 14.2. The van der Waals surface area contributed by atoms with Crippen LogP contribution in [0, 0.1) is 0 Å². The average molecular weight is 371 g/mol. The van der Waals surface area contributed by atoms with Gasteiger partial charge in [0.2, 0.25) is 10.0 Å². The molecule has 0 N–H and O–H groups in total. The molecular formula is C14H18ClF3N2O2S. The molecule has 9 heteroatoms. The molecule has 1 saturated heterocycles. The molecule has 0 aromatic heterocycles. The molecule has 23 heavy (non-hydrogen) atoms. The molecule has 1 aliphatic heterocycles. The molecule has 1 aromatic carbocycles. The molecule has 0 amide bonds. The van der Waals surface area contributed by atoms with Crippen molar-refractivity contribution in [3.8, 4) is 0 Å². The Labute approximate surface area is 138 Å². The molecule has 0 aliphatic carbocycles. The minimum absolute atomic E-state index is 0.270. The maximum atomic E-state index is 12.9. The van der Waals surface area contributed by atoms with Gasteiger partial charge in [-0.3, -0.25) is 0 Å². The van der Waals surface area contributed by atoms with Crippen molar-refractivity contribution in [3.63, 3.8) is 0 Å². The number of alkyl halides is 3. The number of nitrogens with zero attached hydrogens (tertiary/aromatic N) is 2. The molecule has 1 aliphatic rings. The second-order valence-corrected chi connectivity index (χ2v) is 7.73. The van der Waals surface area contributed by atoms with Crippen LogP contribution in [0.25, 0.3) is 0 Å².